The van der Waals surface area contributed by atoms with E-state index in [9.17, 15) is 9.50 Å². The van der Waals surface area contributed by atoms with Gasteiger partial charge >= 0.3 is 0 Å². The average Bonchev–Trinajstić information content (AvgIpc) is 2.59. The van der Waals surface area contributed by atoms with Gasteiger partial charge in [-0.25, -0.2) is 4.39 Å². The second-order valence-corrected chi connectivity index (χ2v) is 5.87. The largest absolute Gasteiger partial charge is 0.392 e. The van der Waals surface area contributed by atoms with E-state index in [2.05, 4.69) is 6.92 Å². The molecule has 0 aromatic heterocycles. The number of hydrogen-bond acceptors (Lipinski definition) is 2. The molecule has 5 atom stereocenters. The minimum absolute atomic E-state index is 0.0118. The number of hydrogen-bond donors (Lipinski definition) is 1. The molecule has 2 rings (SSSR count). The highest BCUT2D eigenvalue weighted by atomic mass is 35.5. The molecule has 0 saturated carbocycles. The van der Waals surface area contributed by atoms with E-state index in [-0.39, 0.29) is 35.5 Å². The Labute approximate surface area is 118 Å². The van der Waals surface area contributed by atoms with Crippen molar-refractivity contribution in [1.82, 2.24) is 0 Å². The van der Waals surface area contributed by atoms with Crippen LogP contribution in [0.15, 0.2) is 18.2 Å². The molecule has 2 nitrogen and oxygen atoms in total. The standard InChI is InChI=1S/C15H20ClFO2/c1-8-9(2)19-10(3)14(8)13(18)7-11-5-4-6-12(16)15(11)17/h4-6,8-10,13-14,18H,7H2,1-3H3. The van der Waals surface area contributed by atoms with Crippen LogP contribution in [0.25, 0.3) is 0 Å². The van der Waals surface area contributed by atoms with Gasteiger partial charge in [0.05, 0.1) is 23.3 Å². The Morgan fingerprint density at radius 1 is 1.32 bits per heavy atom. The summed E-state index contributed by atoms with van der Waals surface area (Å²) in [5.41, 5.74) is 0.457. The van der Waals surface area contributed by atoms with Crippen LogP contribution in [0.3, 0.4) is 0 Å². The molecule has 0 aliphatic carbocycles. The molecule has 19 heavy (non-hydrogen) atoms. The van der Waals surface area contributed by atoms with E-state index in [0.29, 0.717) is 5.56 Å². The zero-order valence-corrected chi connectivity index (χ0v) is 12.2. The van der Waals surface area contributed by atoms with E-state index in [1.165, 1.54) is 6.07 Å². The van der Waals surface area contributed by atoms with Crippen LogP contribution in [0.4, 0.5) is 4.39 Å². The maximum atomic E-state index is 13.8. The molecule has 1 heterocycles. The third-order valence-corrected chi connectivity index (χ3v) is 4.52. The van der Waals surface area contributed by atoms with Crippen LogP contribution in [-0.2, 0) is 11.2 Å². The van der Waals surface area contributed by atoms with Crippen molar-refractivity contribution < 1.29 is 14.2 Å². The highest BCUT2D eigenvalue weighted by Crippen LogP contribution is 2.35. The fraction of sp³-hybridized carbons (Fsp3) is 0.600. The van der Waals surface area contributed by atoms with Crippen molar-refractivity contribution in [1.29, 1.82) is 0 Å². The number of aliphatic hydroxyl groups is 1. The second kappa shape index (κ2) is 5.78. The van der Waals surface area contributed by atoms with Crippen molar-refractivity contribution >= 4 is 11.6 Å². The van der Waals surface area contributed by atoms with Crippen molar-refractivity contribution in [3.63, 3.8) is 0 Å². The SMILES string of the molecule is CC1OC(C)C(C(O)Cc2cccc(Cl)c2F)C1C. The van der Waals surface area contributed by atoms with Gasteiger partial charge in [0.2, 0.25) is 0 Å². The first kappa shape index (κ1) is 14.8. The summed E-state index contributed by atoms with van der Waals surface area (Å²) in [7, 11) is 0. The van der Waals surface area contributed by atoms with Crippen LogP contribution in [0.5, 0.6) is 0 Å². The predicted molar refractivity (Wildman–Crippen MR) is 73.8 cm³/mol. The van der Waals surface area contributed by atoms with E-state index in [1.54, 1.807) is 12.1 Å². The van der Waals surface area contributed by atoms with Gasteiger partial charge in [-0.2, -0.15) is 0 Å². The molecule has 0 radical (unpaired) electrons. The first-order chi connectivity index (χ1) is 8.91. The summed E-state index contributed by atoms with van der Waals surface area (Å²) in [4.78, 5) is 0. The zero-order valence-electron chi connectivity index (χ0n) is 11.4. The van der Waals surface area contributed by atoms with Gasteiger partial charge in [-0.3, -0.25) is 0 Å². The molecule has 5 unspecified atom stereocenters. The molecule has 0 spiro atoms. The van der Waals surface area contributed by atoms with Gasteiger partial charge in [-0.05, 0) is 31.4 Å². The summed E-state index contributed by atoms with van der Waals surface area (Å²) in [5.74, 6) is -0.156. The lowest BCUT2D eigenvalue weighted by atomic mass is 9.82. The number of rotatable bonds is 3. The Morgan fingerprint density at radius 3 is 2.58 bits per heavy atom. The van der Waals surface area contributed by atoms with Gasteiger partial charge < -0.3 is 9.84 Å². The number of halogens is 2. The van der Waals surface area contributed by atoms with Gasteiger partial charge in [-0.1, -0.05) is 30.7 Å². The smallest absolute Gasteiger partial charge is 0.145 e. The molecule has 1 saturated heterocycles. The molecule has 0 bridgehead atoms. The molecular weight excluding hydrogens is 267 g/mol. The lowest BCUT2D eigenvalue weighted by Gasteiger charge is -2.25. The molecule has 4 heteroatoms. The van der Waals surface area contributed by atoms with E-state index in [1.807, 2.05) is 13.8 Å². The maximum Gasteiger partial charge on any atom is 0.145 e. The highest BCUT2D eigenvalue weighted by Gasteiger charge is 2.41. The van der Waals surface area contributed by atoms with Crippen LogP contribution in [0.1, 0.15) is 26.3 Å². The first-order valence-corrected chi connectivity index (χ1v) is 7.06. The summed E-state index contributed by atoms with van der Waals surface area (Å²) in [5, 5.41) is 10.5. The summed E-state index contributed by atoms with van der Waals surface area (Å²) in [6, 6.07) is 4.88. The van der Waals surface area contributed by atoms with Crippen molar-refractivity contribution in [2.24, 2.45) is 11.8 Å². The molecule has 1 aromatic carbocycles. The molecule has 106 valence electrons. The van der Waals surface area contributed by atoms with Gasteiger partial charge in [0.15, 0.2) is 0 Å². The molecule has 1 N–H and O–H groups in total. The molecule has 1 aromatic rings. The Balaban J connectivity index is 2.13. The lowest BCUT2D eigenvalue weighted by molar-refractivity contribution is 0.0237. The summed E-state index contributed by atoms with van der Waals surface area (Å²) in [6.07, 6.45) is -0.244. The molecule has 1 aliphatic rings. The molecule has 0 amide bonds. The topological polar surface area (TPSA) is 29.5 Å². The maximum absolute atomic E-state index is 13.8. The summed E-state index contributed by atoms with van der Waals surface area (Å²) < 4.78 is 19.6. The first-order valence-electron chi connectivity index (χ1n) is 6.68. The minimum atomic E-state index is -0.622. The van der Waals surface area contributed by atoms with E-state index >= 15 is 0 Å². The van der Waals surface area contributed by atoms with Crippen LogP contribution in [0.2, 0.25) is 5.02 Å². The van der Waals surface area contributed by atoms with E-state index in [4.69, 9.17) is 16.3 Å². The summed E-state index contributed by atoms with van der Waals surface area (Å²) >= 11 is 5.76. The minimum Gasteiger partial charge on any atom is -0.392 e. The van der Waals surface area contributed by atoms with Crippen LogP contribution in [0, 0.1) is 17.7 Å². The Morgan fingerprint density at radius 2 is 2.00 bits per heavy atom. The van der Waals surface area contributed by atoms with Gasteiger partial charge in [0.25, 0.3) is 0 Å². The van der Waals surface area contributed by atoms with Crippen molar-refractivity contribution in [2.45, 2.75) is 45.5 Å². The monoisotopic (exact) mass is 286 g/mol. The van der Waals surface area contributed by atoms with Crippen molar-refractivity contribution in [3.8, 4) is 0 Å². The third-order valence-electron chi connectivity index (χ3n) is 4.22. The van der Waals surface area contributed by atoms with Gasteiger partial charge in [-0.15, -0.1) is 0 Å². The fourth-order valence-electron chi connectivity index (χ4n) is 3.02. The lowest BCUT2D eigenvalue weighted by Crippen LogP contribution is -2.32. The number of aliphatic hydroxyl groups excluding tert-OH is 1. The van der Waals surface area contributed by atoms with Crippen LogP contribution in [-0.4, -0.2) is 23.4 Å². The normalized spacial score (nSPS) is 32.5. The van der Waals surface area contributed by atoms with Gasteiger partial charge in [0.1, 0.15) is 5.82 Å². The predicted octanol–water partition coefficient (Wildman–Crippen LogP) is 3.44. The molecule has 1 aliphatic heterocycles. The molecule has 1 fully saturated rings. The van der Waals surface area contributed by atoms with Gasteiger partial charge in [0, 0.05) is 12.3 Å². The van der Waals surface area contributed by atoms with E-state index < -0.39 is 11.9 Å². The quantitative estimate of drug-likeness (QED) is 0.922. The van der Waals surface area contributed by atoms with E-state index in [0.717, 1.165) is 0 Å². The average molecular weight is 287 g/mol. The highest BCUT2D eigenvalue weighted by molar-refractivity contribution is 6.30. The van der Waals surface area contributed by atoms with Crippen LogP contribution >= 0.6 is 11.6 Å². The van der Waals surface area contributed by atoms with Crippen molar-refractivity contribution in [2.75, 3.05) is 0 Å². The number of benzene rings is 1. The Bertz CT molecular complexity index is 452. The summed E-state index contributed by atoms with van der Waals surface area (Å²) in [6.45, 7) is 6.03. The zero-order chi connectivity index (χ0) is 14.2. The Kier molecular flexibility index (Phi) is 4.49. The second-order valence-electron chi connectivity index (χ2n) is 5.47. The molecular formula is C15H20ClFO2. The third kappa shape index (κ3) is 2.93. The van der Waals surface area contributed by atoms with Crippen molar-refractivity contribution in [3.05, 3.63) is 34.6 Å². The Hall–Kier alpha value is -0.640. The number of ether oxygens (including phenoxy) is 1. The fourth-order valence-corrected chi connectivity index (χ4v) is 3.22. The van der Waals surface area contributed by atoms with Crippen LogP contribution < -0.4 is 0 Å².